The molecule has 2 aromatic carbocycles. The molecule has 0 fully saturated rings. The van der Waals surface area contributed by atoms with Crippen LogP contribution in [0, 0.1) is 19.3 Å². The van der Waals surface area contributed by atoms with Gasteiger partial charge in [0.15, 0.2) is 0 Å². The third-order valence-corrected chi connectivity index (χ3v) is 7.01. The van der Waals surface area contributed by atoms with Gasteiger partial charge in [0.05, 0.1) is 0 Å². The third-order valence-electron chi connectivity index (χ3n) is 5.57. The molecule has 0 unspecified atom stereocenters. The van der Waals surface area contributed by atoms with Crippen LogP contribution in [0.2, 0.25) is 0 Å². The average molecular weight is 393 g/mol. The van der Waals surface area contributed by atoms with E-state index < -0.39 is 0 Å². The van der Waals surface area contributed by atoms with Crippen LogP contribution in [0.25, 0.3) is 21.6 Å². The highest BCUT2D eigenvalue weighted by molar-refractivity contribution is 7.15. The summed E-state index contributed by atoms with van der Waals surface area (Å²) in [6, 6.07) is 17.9. The van der Waals surface area contributed by atoms with E-state index in [-0.39, 0.29) is 6.47 Å². The SMILES string of the molecule is Cc1ccc(-c2ccc(-c3sc4c(c3C)CC(C)(C)CC4)cc2)cc1.O=CO. The molecule has 1 N–H and O–H groups in total. The molecule has 0 saturated heterocycles. The van der Waals surface area contributed by atoms with Gasteiger partial charge in [-0.15, -0.1) is 11.3 Å². The zero-order valence-corrected chi connectivity index (χ0v) is 17.9. The van der Waals surface area contributed by atoms with Crippen molar-refractivity contribution in [3.8, 4) is 21.6 Å². The molecule has 0 bridgehead atoms. The first kappa shape index (κ1) is 20.3. The van der Waals surface area contributed by atoms with Gasteiger partial charge in [-0.1, -0.05) is 67.9 Å². The number of hydrogen-bond acceptors (Lipinski definition) is 2. The van der Waals surface area contributed by atoms with Gasteiger partial charge in [-0.05, 0) is 66.3 Å². The van der Waals surface area contributed by atoms with Gasteiger partial charge in [0, 0.05) is 9.75 Å². The van der Waals surface area contributed by atoms with E-state index in [4.69, 9.17) is 9.90 Å². The maximum Gasteiger partial charge on any atom is 0.290 e. The number of hydrogen-bond donors (Lipinski definition) is 1. The molecule has 1 heterocycles. The smallest absolute Gasteiger partial charge is 0.290 e. The Morgan fingerprint density at radius 1 is 0.929 bits per heavy atom. The number of fused-ring (bicyclic) bond motifs is 1. The topological polar surface area (TPSA) is 37.3 Å². The van der Waals surface area contributed by atoms with Crippen LogP contribution in [-0.2, 0) is 17.6 Å². The Kier molecular flexibility index (Phi) is 6.04. The van der Waals surface area contributed by atoms with E-state index in [0.717, 1.165) is 0 Å². The number of benzene rings is 2. The Balaban J connectivity index is 0.000000706. The van der Waals surface area contributed by atoms with E-state index in [0.29, 0.717) is 5.41 Å². The Hall–Kier alpha value is -2.39. The Morgan fingerprint density at radius 3 is 2.00 bits per heavy atom. The van der Waals surface area contributed by atoms with E-state index in [1.165, 1.54) is 52.0 Å². The summed E-state index contributed by atoms with van der Waals surface area (Å²) < 4.78 is 0. The van der Waals surface area contributed by atoms with Gasteiger partial charge >= 0.3 is 0 Å². The second-order valence-electron chi connectivity index (χ2n) is 8.35. The van der Waals surface area contributed by atoms with E-state index in [2.05, 4.69) is 76.2 Å². The lowest BCUT2D eigenvalue weighted by Crippen LogP contribution is -2.21. The zero-order valence-electron chi connectivity index (χ0n) is 17.1. The second-order valence-corrected chi connectivity index (χ2v) is 9.45. The van der Waals surface area contributed by atoms with Crippen LogP contribution in [0.5, 0.6) is 0 Å². The van der Waals surface area contributed by atoms with Crippen molar-refractivity contribution in [2.75, 3.05) is 0 Å². The van der Waals surface area contributed by atoms with Crippen molar-refractivity contribution < 1.29 is 9.90 Å². The van der Waals surface area contributed by atoms with E-state index in [9.17, 15) is 0 Å². The second kappa shape index (κ2) is 8.32. The maximum atomic E-state index is 8.36. The van der Waals surface area contributed by atoms with Crippen molar-refractivity contribution in [3.63, 3.8) is 0 Å². The summed E-state index contributed by atoms with van der Waals surface area (Å²) in [5, 5.41) is 6.89. The summed E-state index contributed by atoms with van der Waals surface area (Å²) in [7, 11) is 0. The first-order valence-corrected chi connectivity index (χ1v) is 10.5. The predicted octanol–water partition coefficient (Wildman–Crippen LogP) is 6.91. The number of aryl methyl sites for hydroxylation is 2. The quantitative estimate of drug-likeness (QED) is 0.481. The minimum atomic E-state index is -0.250. The van der Waals surface area contributed by atoms with Crippen molar-refractivity contribution in [2.45, 2.75) is 47.0 Å². The molecule has 146 valence electrons. The van der Waals surface area contributed by atoms with Gasteiger partial charge in [-0.2, -0.15) is 0 Å². The minimum Gasteiger partial charge on any atom is -0.483 e. The first-order chi connectivity index (χ1) is 13.3. The van der Waals surface area contributed by atoms with Crippen LogP contribution in [0.15, 0.2) is 48.5 Å². The molecule has 0 saturated carbocycles. The minimum absolute atomic E-state index is 0.250. The molecule has 0 atom stereocenters. The van der Waals surface area contributed by atoms with Gasteiger partial charge < -0.3 is 5.11 Å². The molecule has 1 aromatic heterocycles. The number of thiophene rings is 1. The van der Waals surface area contributed by atoms with Crippen molar-refractivity contribution >= 4 is 17.8 Å². The number of carboxylic acid groups (broad SMARTS) is 1. The highest BCUT2D eigenvalue weighted by atomic mass is 32.1. The van der Waals surface area contributed by atoms with Crippen LogP contribution in [0.3, 0.4) is 0 Å². The molecule has 3 aromatic rings. The monoisotopic (exact) mass is 392 g/mol. The Bertz CT molecular complexity index is 947. The molecular formula is C25H28O2S. The molecule has 2 nitrogen and oxygen atoms in total. The van der Waals surface area contributed by atoms with Crippen LogP contribution < -0.4 is 0 Å². The van der Waals surface area contributed by atoms with Crippen LogP contribution in [0.1, 0.15) is 41.8 Å². The molecule has 1 aliphatic rings. The van der Waals surface area contributed by atoms with Crippen LogP contribution in [0.4, 0.5) is 0 Å². The molecule has 0 radical (unpaired) electrons. The molecule has 28 heavy (non-hydrogen) atoms. The predicted molar refractivity (Wildman–Crippen MR) is 119 cm³/mol. The standard InChI is InChI=1S/C24H26S.CH2O2/c1-16-5-7-18(8-6-16)19-9-11-20(12-10-19)23-17(2)21-15-24(3,4)14-13-22(21)25-23;2-1-3/h5-12H,13-15H2,1-4H3;1H,(H,2,3). The summed E-state index contributed by atoms with van der Waals surface area (Å²) in [4.78, 5) is 11.5. The van der Waals surface area contributed by atoms with Gasteiger partial charge in [0.1, 0.15) is 0 Å². The normalized spacial score (nSPS) is 14.6. The summed E-state index contributed by atoms with van der Waals surface area (Å²) in [6.07, 6.45) is 3.78. The number of carbonyl (C=O) groups is 1. The lowest BCUT2D eigenvalue weighted by molar-refractivity contribution is -0.122. The van der Waals surface area contributed by atoms with Gasteiger partial charge in [-0.3, -0.25) is 4.79 Å². The maximum absolute atomic E-state index is 8.36. The molecule has 1 aliphatic carbocycles. The molecule has 4 rings (SSSR count). The fraction of sp³-hybridized carbons (Fsp3) is 0.320. The summed E-state index contributed by atoms with van der Waals surface area (Å²) >= 11 is 2.02. The van der Waals surface area contributed by atoms with E-state index in [1.807, 2.05) is 11.3 Å². The summed E-state index contributed by atoms with van der Waals surface area (Å²) in [5.74, 6) is 0. The van der Waals surface area contributed by atoms with Crippen LogP contribution in [-0.4, -0.2) is 11.6 Å². The summed E-state index contributed by atoms with van der Waals surface area (Å²) in [5.41, 5.74) is 8.85. The van der Waals surface area contributed by atoms with Crippen molar-refractivity contribution in [1.29, 1.82) is 0 Å². The molecule has 0 aliphatic heterocycles. The molecular weight excluding hydrogens is 364 g/mol. The highest BCUT2D eigenvalue weighted by Crippen LogP contribution is 2.44. The van der Waals surface area contributed by atoms with Crippen molar-refractivity contribution in [2.24, 2.45) is 5.41 Å². The number of rotatable bonds is 2. The molecule has 0 amide bonds. The fourth-order valence-electron chi connectivity index (χ4n) is 3.89. The van der Waals surface area contributed by atoms with Crippen molar-refractivity contribution in [1.82, 2.24) is 0 Å². The lowest BCUT2D eigenvalue weighted by atomic mass is 9.76. The van der Waals surface area contributed by atoms with E-state index in [1.54, 1.807) is 10.4 Å². The van der Waals surface area contributed by atoms with E-state index >= 15 is 0 Å². The summed E-state index contributed by atoms with van der Waals surface area (Å²) in [6.45, 7) is 9.02. The fourth-order valence-corrected chi connectivity index (χ4v) is 5.22. The third kappa shape index (κ3) is 4.36. The van der Waals surface area contributed by atoms with Crippen LogP contribution >= 0.6 is 11.3 Å². The largest absolute Gasteiger partial charge is 0.483 e. The Labute approximate surface area is 171 Å². The molecule has 3 heteroatoms. The van der Waals surface area contributed by atoms with Crippen molar-refractivity contribution in [3.05, 3.63) is 70.1 Å². The molecule has 0 spiro atoms. The highest BCUT2D eigenvalue weighted by Gasteiger charge is 2.29. The van der Waals surface area contributed by atoms with Gasteiger partial charge in [0.2, 0.25) is 0 Å². The van der Waals surface area contributed by atoms with Gasteiger partial charge in [0.25, 0.3) is 6.47 Å². The average Bonchev–Trinajstić information content (AvgIpc) is 2.98. The van der Waals surface area contributed by atoms with Gasteiger partial charge in [-0.25, -0.2) is 0 Å². The zero-order chi connectivity index (χ0) is 20.3. The Morgan fingerprint density at radius 2 is 1.43 bits per heavy atom. The first-order valence-electron chi connectivity index (χ1n) is 9.71. The lowest BCUT2D eigenvalue weighted by Gasteiger charge is -2.29.